The highest BCUT2D eigenvalue weighted by Crippen LogP contribution is 2.16. The minimum absolute atomic E-state index is 0.0631. The van der Waals surface area contributed by atoms with E-state index in [1.165, 1.54) is 0 Å². The molecule has 2 N–H and O–H groups in total. The Morgan fingerprint density at radius 3 is 3.13 bits per heavy atom. The van der Waals surface area contributed by atoms with E-state index in [0.29, 0.717) is 18.2 Å². The van der Waals surface area contributed by atoms with Gasteiger partial charge in [0.2, 0.25) is 5.89 Å². The van der Waals surface area contributed by atoms with Gasteiger partial charge in [0.05, 0.1) is 0 Å². The second-order valence-corrected chi connectivity index (χ2v) is 4.22. The van der Waals surface area contributed by atoms with Gasteiger partial charge in [-0.3, -0.25) is 0 Å². The van der Waals surface area contributed by atoms with Gasteiger partial charge in [-0.25, -0.2) is 0 Å². The smallest absolute Gasteiger partial charge is 0.228 e. The molecule has 2 unspecified atom stereocenters. The van der Waals surface area contributed by atoms with E-state index in [4.69, 9.17) is 15.0 Å². The second-order valence-electron chi connectivity index (χ2n) is 4.22. The Morgan fingerprint density at radius 2 is 2.47 bits per heavy atom. The van der Waals surface area contributed by atoms with Crippen LogP contribution in [0.3, 0.4) is 0 Å². The molecule has 0 radical (unpaired) electrons. The maximum Gasteiger partial charge on any atom is 0.228 e. The van der Waals surface area contributed by atoms with Crippen molar-refractivity contribution in [1.29, 1.82) is 0 Å². The highest BCUT2D eigenvalue weighted by atomic mass is 16.5. The van der Waals surface area contributed by atoms with Crippen LogP contribution in [0.15, 0.2) is 4.52 Å². The Labute approximate surface area is 89.0 Å². The number of nitrogens with two attached hydrogens (primary N) is 1. The van der Waals surface area contributed by atoms with E-state index in [0.717, 1.165) is 31.9 Å². The van der Waals surface area contributed by atoms with Gasteiger partial charge in [-0.15, -0.1) is 0 Å². The van der Waals surface area contributed by atoms with E-state index >= 15 is 0 Å². The van der Waals surface area contributed by atoms with Crippen LogP contribution < -0.4 is 5.73 Å². The first-order valence-corrected chi connectivity index (χ1v) is 5.39. The molecular formula is C10H17N3O2. The van der Waals surface area contributed by atoms with E-state index in [-0.39, 0.29) is 6.04 Å². The third-order valence-electron chi connectivity index (χ3n) is 2.50. The molecule has 1 aromatic rings. The minimum atomic E-state index is 0.0631. The van der Waals surface area contributed by atoms with Gasteiger partial charge < -0.3 is 15.0 Å². The molecule has 2 atom stereocenters. The predicted octanol–water partition coefficient (Wildman–Crippen LogP) is 0.538. The van der Waals surface area contributed by atoms with Gasteiger partial charge in [0, 0.05) is 32.1 Å². The third kappa shape index (κ3) is 3.00. The summed E-state index contributed by atoms with van der Waals surface area (Å²) in [6.45, 7) is 3.60. The van der Waals surface area contributed by atoms with E-state index in [2.05, 4.69) is 10.1 Å². The summed E-state index contributed by atoms with van der Waals surface area (Å²) in [5.41, 5.74) is 5.65. The quantitative estimate of drug-likeness (QED) is 0.786. The van der Waals surface area contributed by atoms with Gasteiger partial charge in [-0.2, -0.15) is 4.98 Å². The molecule has 1 aliphatic rings. The molecular weight excluding hydrogens is 194 g/mol. The fraction of sp³-hybridized carbons (Fsp3) is 0.800. The van der Waals surface area contributed by atoms with E-state index in [1.54, 1.807) is 0 Å². The molecule has 0 saturated carbocycles. The van der Waals surface area contributed by atoms with Gasteiger partial charge in [-0.1, -0.05) is 5.16 Å². The Hall–Kier alpha value is -0.940. The van der Waals surface area contributed by atoms with Crippen LogP contribution >= 0.6 is 0 Å². The highest BCUT2D eigenvalue weighted by Gasteiger charge is 2.19. The average Bonchev–Trinajstić information content (AvgIpc) is 2.77. The zero-order valence-electron chi connectivity index (χ0n) is 8.98. The lowest BCUT2D eigenvalue weighted by molar-refractivity contribution is 0.185. The molecule has 84 valence electrons. The highest BCUT2D eigenvalue weighted by molar-refractivity contribution is 4.90. The van der Waals surface area contributed by atoms with Crippen LogP contribution in [0.1, 0.15) is 25.1 Å². The van der Waals surface area contributed by atoms with E-state index in [9.17, 15) is 0 Å². The Kier molecular flexibility index (Phi) is 3.33. The molecule has 15 heavy (non-hydrogen) atoms. The predicted molar refractivity (Wildman–Crippen MR) is 54.3 cm³/mol. The molecule has 5 nitrogen and oxygen atoms in total. The lowest BCUT2D eigenvalue weighted by atomic mass is 10.1. The Bertz CT molecular complexity index is 305. The number of ether oxygens (including phenoxy) is 1. The molecule has 2 heterocycles. The van der Waals surface area contributed by atoms with Crippen molar-refractivity contribution in [2.75, 3.05) is 13.2 Å². The lowest BCUT2D eigenvalue weighted by Crippen LogP contribution is -2.18. The fourth-order valence-corrected chi connectivity index (χ4v) is 1.73. The van der Waals surface area contributed by atoms with Crippen molar-refractivity contribution >= 4 is 0 Å². The average molecular weight is 211 g/mol. The normalized spacial score (nSPS) is 23.2. The Balaban J connectivity index is 1.88. The van der Waals surface area contributed by atoms with E-state index < -0.39 is 0 Å². The van der Waals surface area contributed by atoms with Crippen molar-refractivity contribution in [3.63, 3.8) is 0 Å². The first-order chi connectivity index (χ1) is 7.24. The van der Waals surface area contributed by atoms with Crippen molar-refractivity contribution in [3.05, 3.63) is 11.7 Å². The molecule has 1 saturated heterocycles. The number of hydrogen-bond donors (Lipinski definition) is 1. The lowest BCUT2D eigenvalue weighted by Gasteiger charge is -2.01. The third-order valence-corrected chi connectivity index (χ3v) is 2.50. The zero-order valence-corrected chi connectivity index (χ0v) is 8.98. The summed E-state index contributed by atoms with van der Waals surface area (Å²) in [5.74, 6) is 1.96. The molecule has 2 rings (SSSR count). The summed E-state index contributed by atoms with van der Waals surface area (Å²) >= 11 is 0. The van der Waals surface area contributed by atoms with Crippen LogP contribution in [0.5, 0.6) is 0 Å². The molecule has 1 fully saturated rings. The second kappa shape index (κ2) is 4.72. The van der Waals surface area contributed by atoms with Crippen LogP contribution in [0.25, 0.3) is 0 Å². The maximum atomic E-state index is 5.65. The van der Waals surface area contributed by atoms with Gasteiger partial charge in [0.25, 0.3) is 0 Å². The Morgan fingerprint density at radius 1 is 1.60 bits per heavy atom. The number of rotatable bonds is 4. The monoisotopic (exact) mass is 211 g/mol. The molecule has 0 spiro atoms. The van der Waals surface area contributed by atoms with Gasteiger partial charge in [0.15, 0.2) is 5.82 Å². The molecule has 0 aliphatic carbocycles. The van der Waals surface area contributed by atoms with Crippen LogP contribution in [0, 0.1) is 5.92 Å². The molecule has 5 heteroatoms. The van der Waals surface area contributed by atoms with Crippen LogP contribution in [0.4, 0.5) is 0 Å². The summed E-state index contributed by atoms with van der Waals surface area (Å²) in [4.78, 5) is 4.30. The first-order valence-electron chi connectivity index (χ1n) is 5.39. The fourth-order valence-electron chi connectivity index (χ4n) is 1.73. The van der Waals surface area contributed by atoms with Crippen molar-refractivity contribution in [2.45, 2.75) is 32.2 Å². The summed E-state index contributed by atoms with van der Waals surface area (Å²) in [7, 11) is 0. The topological polar surface area (TPSA) is 74.2 Å². The molecule has 1 aliphatic heterocycles. The van der Waals surface area contributed by atoms with Gasteiger partial charge in [-0.05, 0) is 19.3 Å². The number of hydrogen-bond acceptors (Lipinski definition) is 5. The largest absolute Gasteiger partial charge is 0.381 e. The molecule has 0 amide bonds. The number of aromatic nitrogens is 2. The first kappa shape index (κ1) is 10.6. The SMILES string of the molecule is CC(N)Cc1nc(CC2CCOC2)no1. The van der Waals surface area contributed by atoms with Gasteiger partial charge in [0.1, 0.15) is 0 Å². The zero-order chi connectivity index (χ0) is 10.7. The summed E-state index contributed by atoms with van der Waals surface area (Å²) in [5, 5.41) is 3.94. The van der Waals surface area contributed by atoms with Gasteiger partial charge >= 0.3 is 0 Å². The number of nitrogens with zero attached hydrogens (tertiary/aromatic N) is 2. The van der Waals surface area contributed by atoms with Crippen molar-refractivity contribution in [2.24, 2.45) is 11.7 Å². The summed E-state index contributed by atoms with van der Waals surface area (Å²) in [6, 6.07) is 0.0631. The minimum Gasteiger partial charge on any atom is -0.381 e. The van der Waals surface area contributed by atoms with E-state index in [1.807, 2.05) is 6.92 Å². The van der Waals surface area contributed by atoms with Crippen molar-refractivity contribution in [3.8, 4) is 0 Å². The summed E-state index contributed by atoms with van der Waals surface area (Å²) < 4.78 is 10.4. The molecule has 0 bridgehead atoms. The van der Waals surface area contributed by atoms with Crippen LogP contribution in [-0.4, -0.2) is 29.4 Å². The van der Waals surface area contributed by atoms with Crippen molar-refractivity contribution < 1.29 is 9.26 Å². The molecule has 0 aromatic carbocycles. The van der Waals surface area contributed by atoms with Crippen LogP contribution in [-0.2, 0) is 17.6 Å². The molecule has 1 aromatic heterocycles. The summed E-state index contributed by atoms with van der Waals surface area (Å²) in [6.07, 6.45) is 2.59. The van der Waals surface area contributed by atoms with Crippen molar-refractivity contribution in [1.82, 2.24) is 10.1 Å². The maximum absolute atomic E-state index is 5.65. The standard InChI is InChI=1S/C10H17N3O2/c1-7(11)4-10-12-9(13-15-10)5-8-2-3-14-6-8/h7-8H,2-6,11H2,1H3. The van der Waals surface area contributed by atoms with Crippen LogP contribution in [0.2, 0.25) is 0 Å².